The Morgan fingerprint density at radius 3 is 2.58 bits per heavy atom. The van der Waals surface area contributed by atoms with Crippen molar-refractivity contribution >= 4 is 5.91 Å². The third-order valence-corrected chi connectivity index (χ3v) is 5.90. The number of carbonyl (C=O) groups is 1. The fourth-order valence-corrected chi connectivity index (χ4v) is 4.53. The third kappa shape index (κ3) is 3.46. The van der Waals surface area contributed by atoms with Crippen molar-refractivity contribution < 1.29 is 9.53 Å². The van der Waals surface area contributed by atoms with Gasteiger partial charge in [-0.1, -0.05) is 37.1 Å². The van der Waals surface area contributed by atoms with E-state index < -0.39 is 0 Å². The van der Waals surface area contributed by atoms with Crippen LogP contribution < -0.4 is 4.74 Å². The molecule has 1 aromatic carbocycles. The van der Waals surface area contributed by atoms with Crippen molar-refractivity contribution in [3.8, 4) is 5.75 Å². The number of nitrogens with zero attached hydrogens (tertiary/aromatic N) is 2. The summed E-state index contributed by atoms with van der Waals surface area (Å²) in [4.78, 5) is 19.6. The van der Waals surface area contributed by atoms with Crippen LogP contribution in [0.15, 0.2) is 48.8 Å². The van der Waals surface area contributed by atoms with Crippen molar-refractivity contribution in [3.63, 3.8) is 0 Å². The summed E-state index contributed by atoms with van der Waals surface area (Å²) in [6.45, 7) is 1.17. The summed E-state index contributed by atoms with van der Waals surface area (Å²) in [6, 6.07) is 11.9. The second-order valence-electron chi connectivity index (χ2n) is 7.51. The van der Waals surface area contributed by atoms with E-state index in [1.54, 1.807) is 13.3 Å². The van der Waals surface area contributed by atoms with Gasteiger partial charge in [-0.2, -0.15) is 0 Å². The van der Waals surface area contributed by atoms with Crippen LogP contribution in [0.25, 0.3) is 0 Å². The zero-order valence-electron chi connectivity index (χ0n) is 15.3. The molecule has 0 N–H and O–H groups in total. The average Bonchev–Trinajstić information content (AvgIpc) is 3.42. The number of fused-ring (bicyclic) bond motifs is 1. The lowest BCUT2D eigenvalue weighted by molar-refractivity contribution is -0.134. The number of pyridine rings is 1. The molecule has 2 fully saturated rings. The number of benzene rings is 1. The molecule has 0 aliphatic heterocycles. The Balaban J connectivity index is 1.56. The fourth-order valence-electron chi connectivity index (χ4n) is 4.53. The summed E-state index contributed by atoms with van der Waals surface area (Å²) < 4.78 is 5.50. The Hall–Kier alpha value is -2.36. The first kappa shape index (κ1) is 17.1. The fraction of sp³-hybridized carbons (Fsp3) is 0.455. The molecular weight excluding hydrogens is 324 g/mol. The maximum Gasteiger partial charge on any atom is 0.226 e. The van der Waals surface area contributed by atoms with Crippen LogP contribution in [0.1, 0.15) is 36.8 Å². The lowest BCUT2D eigenvalue weighted by Gasteiger charge is -2.24. The highest BCUT2D eigenvalue weighted by atomic mass is 16.5. The number of hydrogen-bond acceptors (Lipinski definition) is 3. The highest BCUT2D eigenvalue weighted by molar-refractivity contribution is 5.82. The highest BCUT2D eigenvalue weighted by Gasteiger charge is 2.55. The highest BCUT2D eigenvalue weighted by Crippen LogP contribution is 2.56. The van der Waals surface area contributed by atoms with Crippen molar-refractivity contribution in [1.82, 2.24) is 9.88 Å². The lowest BCUT2D eigenvalue weighted by Crippen LogP contribution is -2.32. The SMILES string of the molecule is COc1ccccc1CN(Cc1cccnc1)C(=O)C1[C@@H]2CCCC[C@@H]12. The summed E-state index contributed by atoms with van der Waals surface area (Å²) in [7, 11) is 1.68. The number of ether oxygens (including phenoxy) is 1. The molecule has 4 heteroatoms. The van der Waals surface area contributed by atoms with Gasteiger partial charge in [-0.05, 0) is 42.4 Å². The quantitative estimate of drug-likeness (QED) is 0.789. The number of carbonyl (C=O) groups excluding carboxylic acids is 1. The lowest BCUT2D eigenvalue weighted by atomic mass is 10.0. The van der Waals surface area contributed by atoms with Gasteiger partial charge in [0.2, 0.25) is 5.91 Å². The van der Waals surface area contributed by atoms with E-state index in [1.807, 2.05) is 47.5 Å². The van der Waals surface area contributed by atoms with Crippen LogP contribution in [0.3, 0.4) is 0 Å². The van der Waals surface area contributed by atoms with Crippen molar-refractivity contribution in [3.05, 3.63) is 59.9 Å². The van der Waals surface area contributed by atoms with Crippen LogP contribution in [-0.2, 0) is 17.9 Å². The number of amides is 1. The largest absolute Gasteiger partial charge is 0.496 e. The van der Waals surface area contributed by atoms with Gasteiger partial charge >= 0.3 is 0 Å². The van der Waals surface area contributed by atoms with Gasteiger partial charge in [0.05, 0.1) is 7.11 Å². The smallest absolute Gasteiger partial charge is 0.226 e. The second kappa shape index (κ2) is 7.48. The topological polar surface area (TPSA) is 42.4 Å². The van der Waals surface area contributed by atoms with E-state index in [0.29, 0.717) is 30.8 Å². The molecule has 1 amide bonds. The van der Waals surface area contributed by atoms with E-state index in [0.717, 1.165) is 16.9 Å². The van der Waals surface area contributed by atoms with Crippen LogP contribution in [0.2, 0.25) is 0 Å². The minimum Gasteiger partial charge on any atom is -0.496 e. The summed E-state index contributed by atoms with van der Waals surface area (Å²) in [5, 5.41) is 0. The Kier molecular flexibility index (Phi) is 4.91. The molecule has 1 heterocycles. The summed E-state index contributed by atoms with van der Waals surface area (Å²) in [5.41, 5.74) is 2.12. The van der Waals surface area contributed by atoms with Crippen LogP contribution in [0.5, 0.6) is 5.75 Å². The number of rotatable bonds is 6. The molecule has 1 aromatic heterocycles. The molecule has 0 unspecified atom stereocenters. The van der Waals surface area contributed by atoms with E-state index in [1.165, 1.54) is 25.7 Å². The number of methoxy groups -OCH3 is 1. The van der Waals surface area contributed by atoms with Gasteiger partial charge in [0.15, 0.2) is 0 Å². The molecule has 2 aromatic rings. The molecule has 4 nitrogen and oxygen atoms in total. The number of para-hydroxylation sites is 1. The van der Waals surface area contributed by atoms with Crippen LogP contribution >= 0.6 is 0 Å². The van der Waals surface area contributed by atoms with E-state index in [9.17, 15) is 4.79 Å². The average molecular weight is 350 g/mol. The molecule has 136 valence electrons. The molecule has 0 bridgehead atoms. The number of hydrogen-bond donors (Lipinski definition) is 0. The van der Waals surface area contributed by atoms with Gasteiger partial charge < -0.3 is 9.64 Å². The minimum absolute atomic E-state index is 0.226. The molecule has 26 heavy (non-hydrogen) atoms. The summed E-state index contributed by atoms with van der Waals surface area (Å²) >= 11 is 0. The van der Waals surface area contributed by atoms with Crippen LogP contribution in [0.4, 0.5) is 0 Å². The Morgan fingerprint density at radius 2 is 1.88 bits per heavy atom. The van der Waals surface area contributed by atoms with Gasteiger partial charge in [-0.25, -0.2) is 0 Å². The molecule has 2 aliphatic carbocycles. The van der Waals surface area contributed by atoms with Crippen LogP contribution in [0, 0.1) is 17.8 Å². The molecule has 0 spiro atoms. The monoisotopic (exact) mass is 350 g/mol. The first-order chi connectivity index (χ1) is 12.8. The van der Waals surface area contributed by atoms with E-state index >= 15 is 0 Å². The van der Waals surface area contributed by atoms with Gasteiger partial charge in [0.25, 0.3) is 0 Å². The molecule has 2 atom stereocenters. The van der Waals surface area contributed by atoms with Crippen molar-refractivity contribution in [1.29, 1.82) is 0 Å². The zero-order chi connectivity index (χ0) is 17.9. The van der Waals surface area contributed by atoms with Crippen molar-refractivity contribution in [2.24, 2.45) is 17.8 Å². The maximum absolute atomic E-state index is 13.3. The Morgan fingerprint density at radius 1 is 1.12 bits per heavy atom. The molecule has 2 saturated carbocycles. The van der Waals surface area contributed by atoms with E-state index in [4.69, 9.17) is 4.74 Å². The standard InChI is InChI=1S/C22H26N2O2/c1-26-20-11-5-2-8-17(20)15-24(14-16-7-6-12-23-13-16)22(25)21-18-9-3-4-10-19(18)21/h2,5-8,11-13,18-19,21H,3-4,9-10,14-15H2,1H3/t18-,19-/m1/s1. The molecule has 2 aliphatic rings. The van der Waals surface area contributed by atoms with Gasteiger partial charge in [-0.3, -0.25) is 9.78 Å². The number of aromatic nitrogens is 1. The first-order valence-corrected chi connectivity index (χ1v) is 9.57. The van der Waals surface area contributed by atoms with E-state index in [2.05, 4.69) is 4.98 Å². The molecular formula is C22H26N2O2. The summed E-state index contributed by atoms with van der Waals surface area (Å²) in [5.74, 6) is 2.60. The van der Waals surface area contributed by atoms with Crippen molar-refractivity contribution in [2.45, 2.75) is 38.8 Å². The van der Waals surface area contributed by atoms with Gasteiger partial charge in [-0.15, -0.1) is 0 Å². The summed E-state index contributed by atoms with van der Waals surface area (Å²) in [6.07, 6.45) is 8.61. The molecule has 0 radical (unpaired) electrons. The Bertz CT molecular complexity index is 750. The maximum atomic E-state index is 13.3. The second-order valence-corrected chi connectivity index (χ2v) is 7.51. The first-order valence-electron chi connectivity index (χ1n) is 9.57. The zero-order valence-corrected chi connectivity index (χ0v) is 15.3. The molecule has 4 rings (SSSR count). The van der Waals surface area contributed by atoms with Gasteiger partial charge in [0.1, 0.15) is 5.75 Å². The van der Waals surface area contributed by atoms with E-state index in [-0.39, 0.29) is 5.92 Å². The minimum atomic E-state index is 0.226. The Labute approximate surface area is 155 Å². The van der Waals surface area contributed by atoms with Crippen LogP contribution in [-0.4, -0.2) is 22.9 Å². The van der Waals surface area contributed by atoms with Crippen molar-refractivity contribution in [2.75, 3.05) is 7.11 Å². The normalized spacial score (nSPS) is 23.8. The third-order valence-electron chi connectivity index (χ3n) is 5.90. The predicted molar refractivity (Wildman–Crippen MR) is 100 cm³/mol. The molecule has 0 saturated heterocycles. The predicted octanol–water partition coefficient (Wildman–Crippen LogP) is 4.06. The van der Waals surface area contributed by atoms with Gasteiger partial charge in [0, 0.05) is 37.0 Å².